The van der Waals surface area contributed by atoms with E-state index in [2.05, 4.69) is 29.4 Å². The van der Waals surface area contributed by atoms with Crippen LogP contribution in [0.5, 0.6) is 5.75 Å². The highest BCUT2D eigenvalue weighted by atomic mass is 16.5. The molecule has 2 aromatic rings. The fraction of sp³-hybridized carbons (Fsp3) is 0.500. The Morgan fingerprint density at radius 2 is 2.31 bits per heavy atom. The summed E-state index contributed by atoms with van der Waals surface area (Å²) in [5, 5.41) is 10.1. The van der Waals surface area contributed by atoms with Gasteiger partial charge in [0.1, 0.15) is 5.75 Å². The van der Waals surface area contributed by atoms with Crippen LogP contribution in [-0.2, 0) is 6.54 Å². The highest BCUT2D eigenvalue weighted by Crippen LogP contribution is 2.25. The van der Waals surface area contributed by atoms with Gasteiger partial charge >= 0.3 is 6.03 Å². The highest BCUT2D eigenvalue weighted by Gasteiger charge is 2.25. The van der Waals surface area contributed by atoms with Crippen LogP contribution in [0, 0.1) is 6.92 Å². The number of H-pyrrole nitrogens is 1. The molecule has 0 saturated carbocycles. The van der Waals surface area contributed by atoms with Crippen LogP contribution in [0.25, 0.3) is 0 Å². The first-order chi connectivity index (χ1) is 12.7. The number of urea groups is 1. The van der Waals surface area contributed by atoms with Crippen LogP contribution in [0.3, 0.4) is 0 Å². The van der Waals surface area contributed by atoms with Gasteiger partial charge in [-0.05, 0) is 55.5 Å². The molecule has 140 valence electrons. The van der Waals surface area contributed by atoms with Gasteiger partial charge in [0, 0.05) is 37.4 Å². The minimum atomic E-state index is -0.0000696. The van der Waals surface area contributed by atoms with Crippen molar-refractivity contribution in [2.45, 2.75) is 45.6 Å². The minimum Gasteiger partial charge on any atom is -0.494 e. The van der Waals surface area contributed by atoms with Crippen molar-refractivity contribution in [2.24, 2.45) is 0 Å². The van der Waals surface area contributed by atoms with E-state index >= 15 is 0 Å². The van der Waals surface area contributed by atoms with Crippen LogP contribution >= 0.6 is 0 Å². The van der Waals surface area contributed by atoms with Gasteiger partial charge in [0.2, 0.25) is 0 Å². The molecule has 1 aliphatic heterocycles. The largest absolute Gasteiger partial charge is 0.494 e. The quantitative estimate of drug-likeness (QED) is 0.831. The molecule has 1 aromatic carbocycles. The zero-order chi connectivity index (χ0) is 18.4. The number of ether oxygens (including phenoxy) is 1. The number of nitrogens with zero attached hydrogens (tertiary/aromatic N) is 2. The first-order valence-corrected chi connectivity index (χ1v) is 9.41. The fourth-order valence-electron chi connectivity index (χ4n) is 3.37. The molecule has 2 N–H and O–H groups in total. The monoisotopic (exact) mass is 356 g/mol. The van der Waals surface area contributed by atoms with Gasteiger partial charge in [-0.1, -0.05) is 13.0 Å². The van der Waals surface area contributed by atoms with E-state index in [1.165, 1.54) is 0 Å². The van der Waals surface area contributed by atoms with Crippen molar-refractivity contribution in [1.29, 1.82) is 0 Å². The Labute approximate surface area is 154 Å². The number of carbonyl (C=O) groups excluding carboxylic acids is 1. The summed E-state index contributed by atoms with van der Waals surface area (Å²) in [4.78, 5) is 14.5. The topological polar surface area (TPSA) is 70.2 Å². The highest BCUT2D eigenvalue weighted by molar-refractivity contribution is 5.74. The molecule has 6 heteroatoms. The number of aromatic nitrogens is 2. The lowest BCUT2D eigenvalue weighted by molar-refractivity contribution is 0.178. The molecular weight excluding hydrogens is 328 g/mol. The second-order valence-electron chi connectivity index (χ2n) is 6.89. The zero-order valence-corrected chi connectivity index (χ0v) is 15.6. The van der Waals surface area contributed by atoms with E-state index in [0.717, 1.165) is 61.5 Å². The van der Waals surface area contributed by atoms with E-state index in [4.69, 9.17) is 4.74 Å². The van der Waals surface area contributed by atoms with Gasteiger partial charge in [-0.2, -0.15) is 5.10 Å². The average Bonchev–Trinajstić information content (AvgIpc) is 3.20. The summed E-state index contributed by atoms with van der Waals surface area (Å²) in [7, 11) is 0. The maximum absolute atomic E-state index is 12.6. The number of carbonyl (C=O) groups is 1. The number of rotatable bonds is 6. The Morgan fingerprint density at radius 1 is 1.42 bits per heavy atom. The Bertz CT molecular complexity index is 715. The molecule has 1 aliphatic rings. The maximum Gasteiger partial charge on any atom is 0.317 e. The fourth-order valence-corrected chi connectivity index (χ4v) is 3.37. The lowest BCUT2D eigenvalue weighted by Gasteiger charge is -2.32. The normalized spacial score (nSPS) is 17.2. The Kier molecular flexibility index (Phi) is 6.15. The predicted molar refractivity (Wildman–Crippen MR) is 101 cm³/mol. The van der Waals surface area contributed by atoms with Gasteiger partial charge in [-0.3, -0.25) is 5.10 Å². The maximum atomic E-state index is 12.6. The second kappa shape index (κ2) is 8.74. The van der Waals surface area contributed by atoms with Crippen LogP contribution < -0.4 is 10.1 Å². The van der Waals surface area contributed by atoms with Gasteiger partial charge in [0.05, 0.1) is 6.61 Å². The van der Waals surface area contributed by atoms with Crippen molar-refractivity contribution >= 4 is 6.03 Å². The molecular formula is C20H28N4O2. The average molecular weight is 356 g/mol. The molecule has 26 heavy (non-hydrogen) atoms. The first-order valence-electron chi connectivity index (χ1n) is 9.41. The van der Waals surface area contributed by atoms with Crippen molar-refractivity contribution in [3.05, 3.63) is 47.3 Å². The second-order valence-corrected chi connectivity index (χ2v) is 6.89. The molecule has 0 aliphatic carbocycles. The summed E-state index contributed by atoms with van der Waals surface area (Å²) in [6, 6.07) is 8.04. The summed E-state index contributed by atoms with van der Waals surface area (Å²) >= 11 is 0. The molecule has 2 amide bonds. The summed E-state index contributed by atoms with van der Waals surface area (Å²) in [6.07, 6.45) is 4.86. The Morgan fingerprint density at radius 3 is 3.04 bits per heavy atom. The summed E-state index contributed by atoms with van der Waals surface area (Å²) < 4.78 is 5.66. The van der Waals surface area contributed by atoms with E-state index in [1.54, 1.807) is 6.20 Å². The minimum absolute atomic E-state index is 0.0000696. The first kappa shape index (κ1) is 18.3. The van der Waals surface area contributed by atoms with Crippen LogP contribution in [0.1, 0.15) is 48.9 Å². The van der Waals surface area contributed by atoms with Crippen LogP contribution in [0.15, 0.2) is 30.5 Å². The van der Waals surface area contributed by atoms with E-state index in [0.29, 0.717) is 12.5 Å². The summed E-state index contributed by atoms with van der Waals surface area (Å²) in [6.45, 7) is 6.94. The molecule has 1 atom stereocenters. The van der Waals surface area contributed by atoms with Crippen molar-refractivity contribution in [3.8, 4) is 5.75 Å². The molecule has 6 nitrogen and oxygen atoms in total. The zero-order valence-electron chi connectivity index (χ0n) is 15.6. The van der Waals surface area contributed by atoms with Gasteiger partial charge in [0.25, 0.3) is 0 Å². The number of likely N-dealkylation sites (tertiary alicyclic amines) is 1. The number of amides is 2. The number of benzene rings is 1. The number of aryl methyl sites for hydroxylation is 1. The molecule has 0 unspecified atom stereocenters. The molecule has 0 spiro atoms. The van der Waals surface area contributed by atoms with Gasteiger partial charge < -0.3 is 15.0 Å². The third-order valence-electron chi connectivity index (χ3n) is 4.89. The Hall–Kier alpha value is -2.50. The van der Waals surface area contributed by atoms with Crippen LogP contribution in [0.2, 0.25) is 0 Å². The van der Waals surface area contributed by atoms with Crippen LogP contribution in [0.4, 0.5) is 4.79 Å². The predicted octanol–water partition coefficient (Wildman–Crippen LogP) is 3.60. The number of piperidine rings is 1. The van der Waals surface area contributed by atoms with Gasteiger partial charge in [-0.25, -0.2) is 4.79 Å². The molecule has 2 heterocycles. The van der Waals surface area contributed by atoms with Crippen molar-refractivity contribution in [2.75, 3.05) is 19.7 Å². The third kappa shape index (κ3) is 4.56. The standard InChI is InChI=1S/C20H28N4O2/c1-3-11-26-18-7-6-16(15(2)12-18)13-21-20(25)24-10-4-5-17(14-24)19-8-9-22-23-19/h6-9,12,17H,3-5,10-11,13-14H2,1-2H3,(H,21,25)(H,22,23)/t17-/m1/s1. The smallest absolute Gasteiger partial charge is 0.317 e. The van der Waals surface area contributed by atoms with Crippen LogP contribution in [-0.4, -0.2) is 40.8 Å². The van der Waals surface area contributed by atoms with E-state index < -0.39 is 0 Å². The van der Waals surface area contributed by atoms with Crippen molar-refractivity contribution in [3.63, 3.8) is 0 Å². The lowest BCUT2D eigenvalue weighted by Crippen LogP contribution is -2.44. The van der Waals surface area contributed by atoms with E-state index in [1.807, 2.05) is 29.2 Å². The molecule has 0 bridgehead atoms. The summed E-state index contributed by atoms with van der Waals surface area (Å²) in [5.74, 6) is 1.23. The van der Waals surface area contributed by atoms with E-state index in [-0.39, 0.29) is 6.03 Å². The SMILES string of the molecule is CCCOc1ccc(CNC(=O)N2CCC[C@@H](c3ccn[nH]3)C2)c(C)c1. The number of aromatic amines is 1. The number of hydrogen-bond donors (Lipinski definition) is 2. The molecule has 3 rings (SSSR count). The van der Waals surface area contributed by atoms with Gasteiger partial charge in [-0.15, -0.1) is 0 Å². The summed E-state index contributed by atoms with van der Waals surface area (Å²) in [5.41, 5.74) is 3.36. The van der Waals surface area contributed by atoms with Gasteiger partial charge in [0.15, 0.2) is 0 Å². The Balaban J connectivity index is 1.53. The molecule has 1 aromatic heterocycles. The van der Waals surface area contributed by atoms with E-state index in [9.17, 15) is 4.79 Å². The lowest BCUT2D eigenvalue weighted by atomic mass is 9.95. The molecule has 0 radical (unpaired) electrons. The number of hydrogen-bond acceptors (Lipinski definition) is 3. The molecule has 1 fully saturated rings. The number of nitrogens with one attached hydrogen (secondary N) is 2. The van der Waals surface area contributed by atoms with Crippen molar-refractivity contribution in [1.82, 2.24) is 20.4 Å². The third-order valence-corrected chi connectivity index (χ3v) is 4.89. The van der Waals surface area contributed by atoms with Crippen molar-refractivity contribution < 1.29 is 9.53 Å². The molecule has 1 saturated heterocycles.